The van der Waals surface area contributed by atoms with Crippen LogP contribution in [0.1, 0.15) is 101 Å². The van der Waals surface area contributed by atoms with E-state index in [-0.39, 0.29) is 21.8 Å². The molecule has 5 aliphatic carbocycles. The average molecular weight is 517 g/mol. The number of fused-ring (bicyclic) bond motifs is 6. The van der Waals surface area contributed by atoms with Crippen molar-refractivity contribution < 1.29 is 14.0 Å². The highest BCUT2D eigenvalue weighted by Crippen LogP contribution is 2.78. The first-order valence-electron chi connectivity index (χ1n) is 14.6. The van der Waals surface area contributed by atoms with E-state index >= 15 is 0 Å². The average Bonchev–Trinajstić information content (AvgIpc) is 3.46. The summed E-state index contributed by atoms with van der Waals surface area (Å²) < 4.78 is 7.45. The first kappa shape index (κ1) is 25.5. The van der Waals surface area contributed by atoms with Crippen LogP contribution in [0.3, 0.4) is 0 Å². The van der Waals surface area contributed by atoms with E-state index in [4.69, 9.17) is 4.43 Å². The van der Waals surface area contributed by atoms with Gasteiger partial charge in [-0.05, 0) is 110 Å². The molecule has 3 fully saturated rings. The number of hydrogen-bond donors (Lipinski definition) is 0. The Bertz CT molecular complexity index is 1230. The van der Waals surface area contributed by atoms with Crippen LogP contribution in [0, 0.1) is 23.2 Å². The van der Waals surface area contributed by atoms with Gasteiger partial charge >= 0.3 is 0 Å². The van der Waals surface area contributed by atoms with E-state index in [1.807, 2.05) is 18.2 Å². The minimum absolute atomic E-state index is 0.0209. The maximum absolute atomic E-state index is 12.3. The van der Waals surface area contributed by atoms with Gasteiger partial charge in [0, 0.05) is 17.9 Å². The molecule has 4 heteroatoms. The number of carbonyl (C=O) groups is 2. The normalized spacial score (nSPS) is 36.8. The third-order valence-corrected chi connectivity index (χ3v) is 16.1. The first-order chi connectivity index (χ1) is 17.3. The summed E-state index contributed by atoms with van der Waals surface area (Å²) in [5.41, 5.74) is 6.73. The monoisotopic (exact) mass is 516 g/mol. The van der Waals surface area contributed by atoms with E-state index in [2.05, 4.69) is 52.9 Å². The lowest BCUT2D eigenvalue weighted by Crippen LogP contribution is -2.54. The van der Waals surface area contributed by atoms with Crippen LogP contribution in [0.25, 0.3) is 0 Å². The zero-order valence-corrected chi connectivity index (χ0v) is 24.9. The molecule has 0 unspecified atom stereocenters. The molecular weight excluding hydrogens is 472 g/mol. The zero-order chi connectivity index (χ0) is 26.5. The van der Waals surface area contributed by atoms with Gasteiger partial charge in [0.15, 0.2) is 19.9 Å². The fourth-order valence-electron chi connectivity index (χ4n) is 8.62. The quantitative estimate of drug-likeness (QED) is 0.299. The van der Waals surface area contributed by atoms with Crippen molar-refractivity contribution in [3.63, 3.8) is 0 Å². The van der Waals surface area contributed by atoms with Gasteiger partial charge in [0.05, 0.1) is 5.60 Å². The number of benzene rings is 1. The molecule has 0 heterocycles. The SMILES string of the molecule is CC(=O)c1ccc([C@H]2C[C@@]3(C)[C@@H](C[C@H]4C[C@]43O[Si](C)(C)C(C)(C)C)[C@@H]3CCC4=CC(=O)CCC4=C32)cc1. The summed E-state index contributed by atoms with van der Waals surface area (Å²) in [6.07, 6.45) is 9.33. The zero-order valence-electron chi connectivity index (χ0n) is 23.9. The molecular formula is C33H44O3Si. The molecule has 6 atom stereocenters. The molecule has 0 saturated heterocycles. The Morgan fingerprint density at radius 3 is 2.41 bits per heavy atom. The summed E-state index contributed by atoms with van der Waals surface area (Å²) in [6, 6.07) is 8.46. The predicted molar refractivity (Wildman–Crippen MR) is 151 cm³/mol. The maximum Gasteiger partial charge on any atom is 0.192 e. The van der Waals surface area contributed by atoms with Crippen molar-refractivity contribution in [3.8, 4) is 0 Å². The standard InChI is InChI=1S/C33H44O3Si/c1-20(34)21-8-10-22(11-9-21)28-19-32(5)29(17-24-18-33(24,32)36-37(6,7)31(2,3)4)27-14-12-23-16-25(35)13-15-26(23)30(27)28/h8-11,16,24,27-29H,12-15,17-19H2,1-7H3/t24-,27-,28+,29-,32-,33-/m0/s1. The Morgan fingerprint density at radius 1 is 1.05 bits per heavy atom. The molecule has 0 N–H and O–H groups in total. The number of carbonyl (C=O) groups excluding carboxylic acids is 2. The van der Waals surface area contributed by atoms with Crippen LogP contribution in [-0.4, -0.2) is 25.5 Å². The lowest BCUT2D eigenvalue weighted by atomic mass is 9.51. The number of ketones is 2. The Kier molecular flexibility index (Phi) is 5.59. The molecule has 198 valence electrons. The van der Waals surface area contributed by atoms with Gasteiger partial charge in [-0.25, -0.2) is 0 Å². The lowest BCUT2D eigenvalue weighted by Gasteiger charge is -2.56. The molecule has 5 aliphatic rings. The molecule has 3 nitrogen and oxygen atoms in total. The summed E-state index contributed by atoms with van der Waals surface area (Å²) in [5.74, 6) is 2.67. The summed E-state index contributed by atoms with van der Waals surface area (Å²) in [7, 11) is -1.92. The van der Waals surface area contributed by atoms with Gasteiger partial charge in [0.1, 0.15) is 0 Å². The molecule has 0 amide bonds. The van der Waals surface area contributed by atoms with Gasteiger partial charge in [0.2, 0.25) is 0 Å². The van der Waals surface area contributed by atoms with E-state index in [1.165, 1.54) is 29.6 Å². The van der Waals surface area contributed by atoms with Crippen LogP contribution in [0.2, 0.25) is 18.1 Å². The molecule has 1 aromatic carbocycles. The summed E-state index contributed by atoms with van der Waals surface area (Å²) in [5, 5.41) is 0.201. The Labute approximate surface area is 224 Å². The van der Waals surface area contributed by atoms with Crippen molar-refractivity contribution in [2.24, 2.45) is 23.2 Å². The third kappa shape index (κ3) is 3.68. The van der Waals surface area contributed by atoms with Crippen LogP contribution in [-0.2, 0) is 9.22 Å². The molecule has 37 heavy (non-hydrogen) atoms. The number of hydrogen-bond acceptors (Lipinski definition) is 3. The number of rotatable bonds is 4. The van der Waals surface area contributed by atoms with E-state index in [0.29, 0.717) is 35.9 Å². The highest BCUT2D eigenvalue weighted by Gasteiger charge is 2.77. The van der Waals surface area contributed by atoms with Crippen LogP contribution in [0.4, 0.5) is 0 Å². The van der Waals surface area contributed by atoms with Crippen LogP contribution >= 0.6 is 0 Å². The second-order valence-electron chi connectivity index (χ2n) is 14.6. The second-order valence-corrected chi connectivity index (χ2v) is 19.3. The Morgan fingerprint density at radius 2 is 1.76 bits per heavy atom. The van der Waals surface area contributed by atoms with Crippen molar-refractivity contribution in [1.82, 2.24) is 0 Å². The largest absolute Gasteiger partial charge is 0.410 e. The van der Waals surface area contributed by atoms with Crippen molar-refractivity contribution in [1.29, 1.82) is 0 Å². The van der Waals surface area contributed by atoms with Crippen LogP contribution < -0.4 is 0 Å². The third-order valence-electron chi connectivity index (χ3n) is 11.6. The molecule has 0 aliphatic heterocycles. The number of Topliss-reactive ketones (excluding diaryl/α,β-unsaturated/α-hetero) is 1. The summed E-state index contributed by atoms with van der Waals surface area (Å²) in [6.45, 7) is 16.2. The van der Waals surface area contributed by atoms with E-state index < -0.39 is 8.32 Å². The second kappa shape index (κ2) is 8.11. The fourth-order valence-corrected chi connectivity index (χ4v) is 10.3. The van der Waals surface area contributed by atoms with Gasteiger partial charge in [-0.1, -0.05) is 57.5 Å². The minimum Gasteiger partial charge on any atom is -0.410 e. The van der Waals surface area contributed by atoms with Crippen molar-refractivity contribution in [2.75, 3.05) is 0 Å². The van der Waals surface area contributed by atoms with Gasteiger partial charge in [-0.2, -0.15) is 0 Å². The Hall–Kier alpha value is -1.78. The van der Waals surface area contributed by atoms with Gasteiger partial charge in [-0.15, -0.1) is 0 Å². The lowest BCUT2D eigenvalue weighted by molar-refractivity contribution is -0.114. The van der Waals surface area contributed by atoms with Crippen LogP contribution in [0.5, 0.6) is 0 Å². The fraction of sp³-hybridized carbons (Fsp3) is 0.636. The Balaban J connectivity index is 1.46. The molecule has 0 bridgehead atoms. The highest BCUT2D eigenvalue weighted by molar-refractivity contribution is 6.74. The predicted octanol–water partition coefficient (Wildman–Crippen LogP) is 8.18. The van der Waals surface area contributed by atoms with Crippen molar-refractivity contribution in [3.05, 3.63) is 58.2 Å². The minimum atomic E-state index is -1.92. The van der Waals surface area contributed by atoms with Gasteiger partial charge < -0.3 is 4.43 Å². The summed E-state index contributed by atoms with van der Waals surface area (Å²) >= 11 is 0. The molecule has 0 spiro atoms. The first-order valence-corrected chi connectivity index (χ1v) is 17.5. The molecule has 3 saturated carbocycles. The number of allylic oxidation sites excluding steroid dienone is 4. The van der Waals surface area contributed by atoms with Crippen molar-refractivity contribution in [2.45, 2.75) is 109 Å². The van der Waals surface area contributed by atoms with E-state index in [1.54, 1.807) is 12.5 Å². The molecule has 1 aromatic rings. The highest BCUT2D eigenvalue weighted by atomic mass is 28.4. The van der Waals surface area contributed by atoms with Gasteiger partial charge in [-0.3, -0.25) is 9.59 Å². The smallest absolute Gasteiger partial charge is 0.192 e. The van der Waals surface area contributed by atoms with E-state index in [0.717, 1.165) is 31.2 Å². The topological polar surface area (TPSA) is 43.4 Å². The molecule has 6 rings (SSSR count). The van der Waals surface area contributed by atoms with Crippen LogP contribution in [0.15, 0.2) is 47.1 Å². The van der Waals surface area contributed by atoms with E-state index in [9.17, 15) is 9.59 Å². The maximum atomic E-state index is 12.3. The van der Waals surface area contributed by atoms with Gasteiger partial charge in [0.25, 0.3) is 0 Å². The van der Waals surface area contributed by atoms with Crippen molar-refractivity contribution >= 4 is 19.9 Å². The summed E-state index contributed by atoms with van der Waals surface area (Å²) in [4.78, 5) is 24.3. The molecule has 0 radical (unpaired) electrons. The molecule has 0 aromatic heterocycles.